The SMILES string of the molecule is COc1ccc(-c2c/c(=N\Nc3ccc4ccccc4n3)c3cc(C)c(C)cc3o2)cc1OC. The molecule has 0 unspecified atom stereocenters. The molecular weight excluding hydrogens is 426 g/mol. The van der Waals surface area contributed by atoms with E-state index in [4.69, 9.17) is 19.0 Å². The third-order valence-corrected chi connectivity index (χ3v) is 5.92. The molecule has 0 amide bonds. The van der Waals surface area contributed by atoms with Crippen LogP contribution in [-0.2, 0) is 0 Å². The molecule has 0 aliphatic heterocycles. The Morgan fingerprint density at radius 1 is 0.824 bits per heavy atom. The molecule has 0 radical (unpaired) electrons. The summed E-state index contributed by atoms with van der Waals surface area (Å²) in [5, 5.41) is 7.47. The molecule has 0 saturated heterocycles. The first-order chi connectivity index (χ1) is 16.6. The highest BCUT2D eigenvalue weighted by atomic mass is 16.5. The van der Waals surface area contributed by atoms with Gasteiger partial charge >= 0.3 is 0 Å². The number of aromatic nitrogens is 1. The van der Waals surface area contributed by atoms with Crippen LogP contribution in [0.2, 0.25) is 0 Å². The highest BCUT2D eigenvalue weighted by Gasteiger charge is 2.11. The largest absolute Gasteiger partial charge is 0.493 e. The first-order valence-corrected chi connectivity index (χ1v) is 11.0. The third kappa shape index (κ3) is 4.06. The van der Waals surface area contributed by atoms with Gasteiger partial charge in [-0.05, 0) is 73.5 Å². The van der Waals surface area contributed by atoms with Crippen molar-refractivity contribution in [3.8, 4) is 22.8 Å². The summed E-state index contributed by atoms with van der Waals surface area (Å²) in [6.45, 7) is 4.15. The number of para-hydroxylation sites is 1. The zero-order chi connectivity index (χ0) is 23.7. The maximum atomic E-state index is 6.31. The molecule has 1 N–H and O–H groups in total. The van der Waals surface area contributed by atoms with Crippen LogP contribution < -0.4 is 20.3 Å². The minimum atomic E-state index is 0.632. The lowest BCUT2D eigenvalue weighted by atomic mass is 10.1. The number of ether oxygens (including phenoxy) is 2. The maximum Gasteiger partial charge on any atom is 0.161 e. The van der Waals surface area contributed by atoms with Gasteiger partial charge < -0.3 is 13.9 Å². The van der Waals surface area contributed by atoms with Crippen LogP contribution in [0.5, 0.6) is 11.5 Å². The number of rotatable bonds is 5. The standard InChI is InChI=1S/C28H25N3O3/c1-17-13-21-23(30-31-28-12-10-19-7-5-6-8-22(19)29-28)16-25(34-26(21)14-18(17)2)20-9-11-24(32-3)27(15-20)33-4/h5-16H,1-4H3,(H,29,31)/b30-23+. The number of anilines is 1. The lowest BCUT2D eigenvalue weighted by molar-refractivity contribution is 0.355. The summed E-state index contributed by atoms with van der Waals surface area (Å²) in [4.78, 5) is 4.67. The molecule has 34 heavy (non-hydrogen) atoms. The molecule has 170 valence electrons. The topological polar surface area (TPSA) is 68.9 Å². The van der Waals surface area contributed by atoms with E-state index in [1.54, 1.807) is 14.2 Å². The summed E-state index contributed by atoms with van der Waals surface area (Å²) in [7, 11) is 3.24. The molecule has 2 aromatic heterocycles. The summed E-state index contributed by atoms with van der Waals surface area (Å²) in [6, 6.07) is 23.7. The van der Waals surface area contributed by atoms with Crippen molar-refractivity contribution in [1.82, 2.24) is 4.98 Å². The van der Waals surface area contributed by atoms with Crippen molar-refractivity contribution in [2.24, 2.45) is 5.10 Å². The Bertz CT molecular complexity index is 1590. The highest BCUT2D eigenvalue weighted by Crippen LogP contribution is 2.33. The van der Waals surface area contributed by atoms with E-state index in [0.717, 1.165) is 38.4 Å². The number of pyridine rings is 1. The Hall–Kier alpha value is -4.32. The Morgan fingerprint density at radius 2 is 1.62 bits per heavy atom. The molecule has 5 aromatic rings. The third-order valence-electron chi connectivity index (χ3n) is 5.92. The second-order valence-electron chi connectivity index (χ2n) is 8.11. The van der Waals surface area contributed by atoms with Crippen LogP contribution in [-0.4, -0.2) is 19.2 Å². The van der Waals surface area contributed by atoms with E-state index < -0.39 is 0 Å². The number of fused-ring (bicyclic) bond motifs is 2. The fourth-order valence-corrected chi connectivity index (χ4v) is 3.89. The predicted octanol–water partition coefficient (Wildman–Crippen LogP) is 6.21. The molecule has 0 aliphatic carbocycles. The Morgan fingerprint density at radius 3 is 2.44 bits per heavy atom. The van der Waals surface area contributed by atoms with Gasteiger partial charge in [0.05, 0.1) is 25.1 Å². The van der Waals surface area contributed by atoms with Crippen molar-refractivity contribution in [3.05, 3.63) is 89.3 Å². The van der Waals surface area contributed by atoms with Crippen LogP contribution in [0, 0.1) is 13.8 Å². The van der Waals surface area contributed by atoms with Crippen LogP contribution in [0.25, 0.3) is 33.2 Å². The number of hydrogen-bond donors (Lipinski definition) is 1. The molecule has 0 spiro atoms. The van der Waals surface area contributed by atoms with E-state index in [2.05, 4.69) is 30.3 Å². The fourth-order valence-electron chi connectivity index (χ4n) is 3.89. The van der Waals surface area contributed by atoms with Crippen molar-refractivity contribution in [3.63, 3.8) is 0 Å². The zero-order valence-electron chi connectivity index (χ0n) is 19.5. The van der Waals surface area contributed by atoms with Gasteiger partial charge in [-0.2, -0.15) is 5.10 Å². The molecule has 0 fully saturated rings. The normalized spacial score (nSPS) is 11.7. The average Bonchev–Trinajstić information content (AvgIpc) is 2.87. The summed E-state index contributed by atoms with van der Waals surface area (Å²) in [5.74, 6) is 2.63. The Kier molecular flexibility index (Phi) is 5.64. The summed E-state index contributed by atoms with van der Waals surface area (Å²) in [6.07, 6.45) is 0. The summed E-state index contributed by atoms with van der Waals surface area (Å²) in [5.41, 5.74) is 7.97. The number of benzene rings is 3. The van der Waals surface area contributed by atoms with Crippen LogP contribution >= 0.6 is 0 Å². The van der Waals surface area contributed by atoms with E-state index >= 15 is 0 Å². The molecule has 0 bridgehead atoms. The van der Waals surface area contributed by atoms with Crippen LogP contribution in [0.15, 0.2) is 82.3 Å². The van der Waals surface area contributed by atoms with Crippen molar-refractivity contribution >= 4 is 27.7 Å². The Labute approximate surface area is 197 Å². The minimum absolute atomic E-state index is 0.632. The van der Waals surface area contributed by atoms with Gasteiger partial charge in [-0.1, -0.05) is 18.2 Å². The molecule has 0 saturated carbocycles. The van der Waals surface area contributed by atoms with Gasteiger partial charge in [-0.3, -0.25) is 5.43 Å². The molecule has 5 rings (SSSR count). The minimum Gasteiger partial charge on any atom is -0.493 e. The Balaban J connectivity index is 1.65. The first kappa shape index (κ1) is 21.5. The van der Waals surface area contributed by atoms with Gasteiger partial charge in [0.15, 0.2) is 11.5 Å². The number of nitrogens with one attached hydrogen (secondary N) is 1. The van der Waals surface area contributed by atoms with E-state index in [1.165, 1.54) is 5.56 Å². The van der Waals surface area contributed by atoms with Crippen molar-refractivity contribution in [2.75, 3.05) is 19.6 Å². The van der Waals surface area contributed by atoms with Gasteiger partial charge in [-0.15, -0.1) is 0 Å². The van der Waals surface area contributed by atoms with Gasteiger partial charge in [-0.25, -0.2) is 4.98 Å². The first-order valence-electron chi connectivity index (χ1n) is 11.0. The van der Waals surface area contributed by atoms with Gasteiger partial charge in [0.25, 0.3) is 0 Å². The van der Waals surface area contributed by atoms with E-state index in [1.807, 2.05) is 66.7 Å². The zero-order valence-corrected chi connectivity index (χ0v) is 19.5. The van der Waals surface area contributed by atoms with E-state index in [-0.39, 0.29) is 0 Å². The molecule has 3 aromatic carbocycles. The second-order valence-corrected chi connectivity index (χ2v) is 8.11. The monoisotopic (exact) mass is 451 g/mol. The number of nitrogens with zero attached hydrogens (tertiary/aromatic N) is 2. The van der Waals surface area contributed by atoms with Crippen LogP contribution in [0.3, 0.4) is 0 Å². The molecule has 0 atom stereocenters. The molecular formula is C28H25N3O3. The fraction of sp³-hybridized carbons (Fsp3) is 0.143. The van der Waals surface area contributed by atoms with Crippen molar-refractivity contribution < 1.29 is 13.9 Å². The van der Waals surface area contributed by atoms with E-state index in [0.29, 0.717) is 23.1 Å². The smallest absolute Gasteiger partial charge is 0.161 e. The molecule has 6 nitrogen and oxygen atoms in total. The van der Waals surface area contributed by atoms with Crippen molar-refractivity contribution in [2.45, 2.75) is 13.8 Å². The van der Waals surface area contributed by atoms with E-state index in [9.17, 15) is 0 Å². The summed E-state index contributed by atoms with van der Waals surface area (Å²) < 4.78 is 17.2. The molecule has 0 aliphatic rings. The average molecular weight is 452 g/mol. The summed E-state index contributed by atoms with van der Waals surface area (Å²) >= 11 is 0. The molecule has 2 heterocycles. The predicted molar refractivity (Wildman–Crippen MR) is 135 cm³/mol. The highest BCUT2D eigenvalue weighted by molar-refractivity contribution is 5.81. The number of methoxy groups -OCH3 is 2. The van der Waals surface area contributed by atoms with Gasteiger partial charge in [0.1, 0.15) is 17.2 Å². The van der Waals surface area contributed by atoms with Gasteiger partial charge in [0, 0.05) is 22.4 Å². The lowest BCUT2D eigenvalue weighted by Crippen LogP contribution is -2.08. The maximum absolute atomic E-state index is 6.31. The number of aryl methyl sites for hydroxylation is 2. The van der Waals surface area contributed by atoms with Crippen LogP contribution in [0.4, 0.5) is 5.82 Å². The van der Waals surface area contributed by atoms with Gasteiger partial charge in [0.2, 0.25) is 0 Å². The van der Waals surface area contributed by atoms with Crippen LogP contribution in [0.1, 0.15) is 11.1 Å². The quantitative estimate of drug-likeness (QED) is 0.322. The second kappa shape index (κ2) is 8.90. The van der Waals surface area contributed by atoms with Crippen molar-refractivity contribution in [1.29, 1.82) is 0 Å². The number of hydrogen-bond acceptors (Lipinski definition) is 6. The lowest BCUT2D eigenvalue weighted by Gasteiger charge is -2.11. The molecule has 6 heteroatoms.